The van der Waals surface area contributed by atoms with Crippen LogP contribution in [-0.4, -0.2) is 58.6 Å². The molecule has 0 heterocycles. The molecule has 0 radical (unpaired) electrons. The van der Waals surface area contributed by atoms with Crippen molar-refractivity contribution in [2.75, 3.05) is 47.6 Å². The maximum atomic E-state index is 12.4. The molecule has 0 spiro atoms. The summed E-state index contributed by atoms with van der Waals surface area (Å²) >= 11 is 0. The summed E-state index contributed by atoms with van der Waals surface area (Å²) in [5.41, 5.74) is 0. The molecule has 2 unspecified atom stereocenters. The molecule has 0 aromatic carbocycles. The lowest BCUT2D eigenvalue weighted by Gasteiger charge is -2.25. The van der Waals surface area contributed by atoms with Gasteiger partial charge in [-0.3, -0.25) is 13.6 Å². The number of phosphoric acid groups is 1. The molecule has 0 fully saturated rings. The summed E-state index contributed by atoms with van der Waals surface area (Å²) in [5, 5.41) is 0. The van der Waals surface area contributed by atoms with Gasteiger partial charge in [-0.25, -0.2) is 4.57 Å². The van der Waals surface area contributed by atoms with Crippen LogP contribution in [0.2, 0.25) is 0 Å². The molecule has 0 saturated heterocycles. The van der Waals surface area contributed by atoms with E-state index < -0.39 is 7.82 Å². The second kappa shape index (κ2) is 24.7. The third kappa shape index (κ3) is 21.3. The van der Waals surface area contributed by atoms with E-state index in [1.165, 1.54) is 103 Å². The Kier molecular flexibility index (Phi) is 24.7. The summed E-state index contributed by atoms with van der Waals surface area (Å²) < 4.78 is 33.9. The van der Waals surface area contributed by atoms with E-state index in [1.807, 2.05) is 25.9 Å². The summed E-state index contributed by atoms with van der Waals surface area (Å²) in [6.07, 6.45) is 22.7. The minimum absolute atomic E-state index is 0.00904. The largest absolute Gasteiger partial charge is 0.474 e. The van der Waals surface area contributed by atoms with Crippen LogP contribution in [0.25, 0.3) is 0 Å². The predicted molar refractivity (Wildman–Crippen MR) is 145 cm³/mol. The average Bonchev–Trinajstić information content (AvgIpc) is 2.83. The van der Waals surface area contributed by atoms with Crippen LogP contribution in [0, 0.1) is 0 Å². The van der Waals surface area contributed by atoms with Crippen LogP contribution in [0.3, 0.4) is 0 Å². The second-order valence-corrected chi connectivity index (χ2v) is 11.5. The van der Waals surface area contributed by atoms with Crippen molar-refractivity contribution in [3.05, 3.63) is 0 Å². The van der Waals surface area contributed by atoms with Gasteiger partial charge in [-0.15, -0.1) is 0 Å². The Labute approximate surface area is 212 Å². The normalized spacial score (nSPS) is 14.5. The first-order chi connectivity index (χ1) is 16.5. The van der Waals surface area contributed by atoms with Crippen molar-refractivity contribution >= 4 is 7.82 Å². The van der Waals surface area contributed by atoms with Gasteiger partial charge < -0.3 is 9.64 Å². The summed E-state index contributed by atoms with van der Waals surface area (Å²) in [4.78, 5) is 2.02. The van der Waals surface area contributed by atoms with Crippen LogP contribution in [0.1, 0.15) is 123 Å². The number of likely N-dealkylation sites (N-methyl/N-ethyl adjacent to an activating group) is 1. The first kappa shape index (κ1) is 34.0. The molecule has 206 valence electrons. The fraction of sp³-hybridized carbons (Fsp3) is 1.00. The predicted octanol–water partition coefficient (Wildman–Crippen LogP) is 8.39. The van der Waals surface area contributed by atoms with Gasteiger partial charge >= 0.3 is 7.82 Å². The summed E-state index contributed by atoms with van der Waals surface area (Å²) in [6.45, 7) is 6.15. The maximum absolute atomic E-state index is 12.4. The smallest absolute Gasteiger partial charge is 0.380 e. The molecular weight excluding hydrogens is 449 g/mol. The fourth-order valence-corrected chi connectivity index (χ4v) is 4.89. The minimum Gasteiger partial charge on any atom is -0.380 e. The van der Waals surface area contributed by atoms with Crippen molar-refractivity contribution in [2.24, 2.45) is 0 Å². The number of hydrogen-bond donors (Lipinski definition) is 0. The number of ether oxygens (including phenoxy) is 1. The van der Waals surface area contributed by atoms with Gasteiger partial charge in [0.15, 0.2) is 0 Å². The van der Waals surface area contributed by atoms with Crippen molar-refractivity contribution < 1.29 is 22.9 Å². The molecule has 0 aliphatic rings. The molecule has 0 amide bonds. The monoisotopic (exact) mass is 507 g/mol. The highest BCUT2D eigenvalue weighted by molar-refractivity contribution is 7.48. The molecule has 2 atom stereocenters. The number of unbranched alkanes of at least 4 members (excludes halogenated alkanes) is 15. The topological polar surface area (TPSA) is 57.2 Å². The average molecular weight is 508 g/mol. The van der Waals surface area contributed by atoms with E-state index in [-0.39, 0.29) is 12.6 Å². The van der Waals surface area contributed by atoms with Crippen LogP contribution < -0.4 is 0 Å². The van der Waals surface area contributed by atoms with Crippen molar-refractivity contribution in [1.82, 2.24) is 4.90 Å². The molecule has 0 saturated carbocycles. The Morgan fingerprint density at radius 3 is 1.50 bits per heavy atom. The van der Waals surface area contributed by atoms with Crippen LogP contribution in [0.4, 0.5) is 0 Å². The molecule has 0 aromatic heterocycles. The molecule has 0 aromatic rings. The zero-order chi connectivity index (χ0) is 25.3. The highest BCUT2D eigenvalue weighted by Gasteiger charge is 2.27. The Morgan fingerprint density at radius 1 is 0.618 bits per heavy atom. The van der Waals surface area contributed by atoms with Gasteiger partial charge in [0.05, 0.1) is 25.9 Å². The van der Waals surface area contributed by atoms with Crippen LogP contribution in [0.15, 0.2) is 0 Å². The van der Waals surface area contributed by atoms with E-state index in [0.717, 1.165) is 19.4 Å². The first-order valence-corrected chi connectivity index (χ1v) is 15.6. The SMILES string of the molecule is CCCCCCCCCCCCCCCCCCOCC(COP(=O)(OC)OCCC)N(C)C. The number of rotatable bonds is 27. The molecule has 0 aliphatic heterocycles. The summed E-state index contributed by atoms with van der Waals surface area (Å²) in [7, 11) is 1.82. The molecule has 0 bridgehead atoms. The Balaban J connectivity index is 3.56. The van der Waals surface area contributed by atoms with Gasteiger partial charge in [-0.05, 0) is 26.9 Å². The van der Waals surface area contributed by atoms with Gasteiger partial charge in [0.2, 0.25) is 0 Å². The van der Waals surface area contributed by atoms with Crippen LogP contribution >= 0.6 is 7.82 Å². The second-order valence-electron chi connectivity index (χ2n) is 9.75. The van der Waals surface area contributed by atoms with E-state index in [4.69, 9.17) is 18.3 Å². The lowest BCUT2D eigenvalue weighted by Crippen LogP contribution is -2.36. The number of nitrogens with zero attached hydrogens (tertiary/aromatic N) is 1. The molecule has 34 heavy (non-hydrogen) atoms. The Morgan fingerprint density at radius 2 is 1.09 bits per heavy atom. The zero-order valence-electron chi connectivity index (χ0n) is 23.4. The van der Waals surface area contributed by atoms with E-state index in [2.05, 4.69) is 6.92 Å². The van der Waals surface area contributed by atoms with Crippen molar-refractivity contribution in [1.29, 1.82) is 0 Å². The molecule has 0 rings (SSSR count). The van der Waals surface area contributed by atoms with Gasteiger partial charge in [0, 0.05) is 13.7 Å². The molecule has 0 aliphatic carbocycles. The lowest BCUT2D eigenvalue weighted by atomic mass is 10.0. The van der Waals surface area contributed by atoms with Gasteiger partial charge in [0.1, 0.15) is 0 Å². The summed E-state index contributed by atoms with van der Waals surface area (Å²) in [5.74, 6) is 0. The molecule has 6 nitrogen and oxygen atoms in total. The van der Waals surface area contributed by atoms with Crippen LogP contribution in [0.5, 0.6) is 0 Å². The zero-order valence-corrected chi connectivity index (χ0v) is 24.3. The molecule has 0 N–H and O–H groups in total. The van der Waals surface area contributed by atoms with Crippen LogP contribution in [-0.2, 0) is 22.9 Å². The lowest BCUT2D eigenvalue weighted by molar-refractivity contribution is 0.0410. The first-order valence-electron chi connectivity index (χ1n) is 14.2. The number of phosphoric ester groups is 1. The van der Waals surface area contributed by atoms with E-state index in [9.17, 15) is 4.57 Å². The highest BCUT2D eigenvalue weighted by Crippen LogP contribution is 2.48. The van der Waals surface area contributed by atoms with E-state index in [1.54, 1.807) is 0 Å². The van der Waals surface area contributed by atoms with E-state index in [0.29, 0.717) is 13.2 Å². The quantitative estimate of drug-likeness (QED) is 0.0822. The maximum Gasteiger partial charge on any atom is 0.474 e. The standard InChI is InChI=1S/C27H58NO5P/c1-6-8-9-10-11-12-13-14-15-16-17-18-19-20-21-22-24-31-25-27(28(3)4)26-33-34(29,30-5)32-23-7-2/h27H,6-26H2,1-5H3. The molecular formula is C27H58NO5P. The van der Waals surface area contributed by atoms with Crippen molar-refractivity contribution in [2.45, 2.75) is 129 Å². The van der Waals surface area contributed by atoms with E-state index >= 15 is 0 Å². The van der Waals surface area contributed by atoms with Gasteiger partial charge in [-0.2, -0.15) is 0 Å². The Hall–Kier alpha value is 0.0300. The minimum atomic E-state index is -3.47. The van der Waals surface area contributed by atoms with Gasteiger partial charge in [-0.1, -0.05) is 110 Å². The number of hydrogen-bond acceptors (Lipinski definition) is 6. The highest BCUT2D eigenvalue weighted by atomic mass is 31.2. The summed E-state index contributed by atoms with van der Waals surface area (Å²) in [6, 6.07) is 0.00904. The molecule has 7 heteroatoms. The fourth-order valence-electron chi connectivity index (χ4n) is 3.84. The third-order valence-electron chi connectivity index (χ3n) is 6.28. The van der Waals surface area contributed by atoms with Crippen molar-refractivity contribution in [3.8, 4) is 0 Å². The van der Waals surface area contributed by atoms with Crippen molar-refractivity contribution in [3.63, 3.8) is 0 Å². The third-order valence-corrected chi connectivity index (χ3v) is 7.70. The van der Waals surface area contributed by atoms with Gasteiger partial charge in [0.25, 0.3) is 0 Å². The Bertz CT molecular complexity index is 464.